The second-order valence-electron chi connectivity index (χ2n) is 4.79. The molecule has 1 aliphatic rings. The lowest BCUT2D eigenvalue weighted by Crippen LogP contribution is -2.25. The van der Waals surface area contributed by atoms with Crippen molar-refractivity contribution in [1.29, 1.82) is 0 Å². The zero-order chi connectivity index (χ0) is 13.5. The Hall–Kier alpha value is -1.36. The molecule has 0 saturated carbocycles. The third kappa shape index (κ3) is 3.80. The molecule has 19 heavy (non-hydrogen) atoms. The van der Waals surface area contributed by atoms with Gasteiger partial charge in [-0.15, -0.1) is 0 Å². The number of hydrogen-bond donors (Lipinski definition) is 1. The van der Waals surface area contributed by atoms with Gasteiger partial charge in [0.1, 0.15) is 18.8 Å². The van der Waals surface area contributed by atoms with Crippen LogP contribution in [0, 0.1) is 0 Å². The van der Waals surface area contributed by atoms with Crippen molar-refractivity contribution >= 4 is 5.82 Å². The number of anilines is 1. The van der Waals surface area contributed by atoms with Gasteiger partial charge in [0.2, 0.25) is 5.88 Å². The fourth-order valence-electron chi connectivity index (χ4n) is 2.44. The Kier molecular flexibility index (Phi) is 5.39. The number of ether oxygens (including phenoxy) is 1. The standard InChI is InChI=1S/C14H24N4O/c1-3-12-13(15-4-2)16-11-17-14(12)19-10-9-18-7-5-6-8-18/h11H,3-10H2,1-2H3,(H,15,16,17). The van der Waals surface area contributed by atoms with Gasteiger partial charge in [0.05, 0.1) is 5.56 Å². The first-order valence-electron chi connectivity index (χ1n) is 7.28. The predicted molar refractivity (Wildman–Crippen MR) is 76.7 cm³/mol. The summed E-state index contributed by atoms with van der Waals surface area (Å²) in [5.74, 6) is 1.63. The normalized spacial score (nSPS) is 15.7. The molecule has 1 fully saturated rings. The highest BCUT2D eigenvalue weighted by Crippen LogP contribution is 2.22. The largest absolute Gasteiger partial charge is 0.476 e. The SMILES string of the molecule is CCNc1ncnc(OCCN2CCCC2)c1CC. The molecule has 2 heterocycles. The molecule has 2 rings (SSSR count). The van der Waals surface area contributed by atoms with Gasteiger partial charge in [0, 0.05) is 13.1 Å². The molecule has 1 N–H and O–H groups in total. The van der Waals surface area contributed by atoms with Crippen molar-refractivity contribution in [3.05, 3.63) is 11.9 Å². The van der Waals surface area contributed by atoms with Crippen LogP contribution >= 0.6 is 0 Å². The maximum absolute atomic E-state index is 5.84. The summed E-state index contributed by atoms with van der Waals surface area (Å²) in [7, 11) is 0. The fraction of sp³-hybridized carbons (Fsp3) is 0.714. The van der Waals surface area contributed by atoms with Crippen molar-refractivity contribution in [3.63, 3.8) is 0 Å². The summed E-state index contributed by atoms with van der Waals surface area (Å²) in [4.78, 5) is 11.0. The van der Waals surface area contributed by atoms with Gasteiger partial charge >= 0.3 is 0 Å². The molecule has 0 atom stereocenters. The topological polar surface area (TPSA) is 50.3 Å². The summed E-state index contributed by atoms with van der Waals surface area (Å²) in [6, 6.07) is 0. The van der Waals surface area contributed by atoms with Crippen LogP contribution in [-0.4, -0.2) is 47.7 Å². The minimum absolute atomic E-state index is 0.704. The molecule has 0 aromatic carbocycles. The Labute approximate surface area is 115 Å². The summed E-state index contributed by atoms with van der Waals surface area (Å²) in [6.07, 6.45) is 5.08. The van der Waals surface area contributed by atoms with Crippen LogP contribution in [0.25, 0.3) is 0 Å². The summed E-state index contributed by atoms with van der Waals surface area (Å²) in [5.41, 5.74) is 1.07. The lowest BCUT2D eigenvalue weighted by atomic mass is 10.2. The lowest BCUT2D eigenvalue weighted by Gasteiger charge is -2.16. The highest BCUT2D eigenvalue weighted by Gasteiger charge is 2.13. The Balaban J connectivity index is 1.92. The van der Waals surface area contributed by atoms with Gasteiger partial charge in [-0.05, 0) is 39.3 Å². The summed E-state index contributed by atoms with van der Waals surface area (Å²) in [6.45, 7) is 9.13. The van der Waals surface area contributed by atoms with Gasteiger partial charge in [0.15, 0.2) is 0 Å². The minimum Gasteiger partial charge on any atom is -0.476 e. The van der Waals surface area contributed by atoms with E-state index < -0.39 is 0 Å². The van der Waals surface area contributed by atoms with Crippen molar-refractivity contribution < 1.29 is 4.74 Å². The molecule has 0 bridgehead atoms. The van der Waals surface area contributed by atoms with E-state index >= 15 is 0 Å². The van der Waals surface area contributed by atoms with Crippen LogP contribution in [0.3, 0.4) is 0 Å². The van der Waals surface area contributed by atoms with E-state index in [4.69, 9.17) is 4.74 Å². The number of aromatic nitrogens is 2. The molecule has 0 radical (unpaired) electrons. The Morgan fingerprint density at radius 3 is 2.74 bits per heavy atom. The predicted octanol–water partition coefficient (Wildman–Crippen LogP) is 1.95. The molecule has 1 aromatic rings. The van der Waals surface area contributed by atoms with E-state index in [0.717, 1.165) is 36.8 Å². The third-order valence-electron chi connectivity index (χ3n) is 3.45. The number of likely N-dealkylation sites (tertiary alicyclic amines) is 1. The molecule has 5 nitrogen and oxygen atoms in total. The maximum atomic E-state index is 5.84. The van der Waals surface area contributed by atoms with Crippen molar-refractivity contribution in [2.45, 2.75) is 33.1 Å². The van der Waals surface area contributed by atoms with Crippen LogP contribution in [0.4, 0.5) is 5.82 Å². The van der Waals surface area contributed by atoms with Crippen LogP contribution in [0.2, 0.25) is 0 Å². The van der Waals surface area contributed by atoms with Gasteiger partial charge in [-0.25, -0.2) is 9.97 Å². The lowest BCUT2D eigenvalue weighted by molar-refractivity contribution is 0.230. The molecule has 1 aromatic heterocycles. The van der Waals surface area contributed by atoms with Gasteiger partial charge in [-0.2, -0.15) is 0 Å². The van der Waals surface area contributed by atoms with E-state index in [0.29, 0.717) is 6.61 Å². The Morgan fingerprint density at radius 1 is 1.26 bits per heavy atom. The molecule has 0 aliphatic carbocycles. The maximum Gasteiger partial charge on any atom is 0.221 e. The van der Waals surface area contributed by atoms with E-state index in [2.05, 4.69) is 34.0 Å². The second-order valence-corrected chi connectivity index (χ2v) is 4.79. The number of nitrogens with one attached hydrogen (secondary N) is 1. The number of hydrogen-bond acceptors (Lipinski definition) is 5. The molecular formula is C14H24N4O. The second kappa shape index (κ2) is 7.28. The molecule has 1 saturated heterocycles. The average Bonchev–Trinajstić information content (AvgIpc) is 2.93. The summed E-state index contributed by atoms with van der Waals surface area (Å²) >= 11 is 0. The monoisotopic (exact) mass is 264 g/mol. The van der Waals surface area contributed by atoms with Crippen LogP contribution in [0.15, 0.2) is 6.33 Å². The van der Waals surface area contributed by atoms with Crippen LogP contribution in [0.1, 0.15) is 32.3 Å². The first-order chi connectivity index (χ1) is 9.35. The molecular weight excluding hydrogens is 240 g/mol. The van der Waals surface area contributed by atoms with E-state index in [-0.39, 0.29) is 0 Å². The van der Waals surface area contributed by atoms with Crippen LogP contribution in [0.5, 0.6) is 5.88 Å². The van der Waals surface area contributed by atoms with Crippen LogP contribution in [-0.2, 0) is 6.42 Å². The van der Waals surface area contributed by atoms with Crippen molar-refractivity contribution in [2.75, 3.05) is 38.1 Å². The zero-order valence-corrected chi connectivity index (χ0v) is 12.0. The van der Waals surface area contributed by atoms with E-state index in [1.54, 1.807) is 6.33 Å². The smallest absolute Gasteiger partial charge is 0.221 e. The molecule has 0 amide bonds. The van der Waals surface area contributed by atoms with E-state index in [9.17, 15) is 0 Å². The van der Waals surface area contributed by atoms with Crippen molar-refractivity contribution in [2.24, 2.45) is 0 Å². The molecule has 106 valence electrons. The quantitative estimate of drug-likeness (QED) is 0.815. The van der Waals surface area contributed by atoms with E-state index in [1.807, 2.05) is 0 Å². The molecule has 0 unspecified atom stereocenters. The number of nitrogens with zero attached hydrogens (tertiary/aromatic N) is 3. The molecule has 5 heteroatoms. The third-order valence-corrected chi connectivity index (χ3v) is 3.45. The number of rotatable bonds is 7. The molecule has 0 spiro atoms. The van der Waals surface area contributed by atoms with Crippen LogP contribution < -0.4 is 10.1 Å². The van der Waals surface area contributed by atoms with Gasteiger partial charge in [0.25, 0.3) is 0 Å². The van der Waals surface area contributed by atoms with Gasteiger partial charge in [-0.1, -0.05) is 6.92 Å². The average molecular weight is 264 g/mol. The Morgan fingerprint density at radius 2 is 2.05 bits per heavy atom. The minimum atomic E-state index is 0.704. The van der Waals surface area contributed by atoms with Gasteiger partial charge < -0.3 is 10.1 Å². The van der Waals surface area contributed by atoms with Gasteiger partial charge in [-0.3, -0.25) is 4.90 Å². The highest BCUT2D eigenvalue weighted by molar-refractivity contribution is 5.48. The highest BCUT2D eigenvalue weighted by atomic mass is 16.5. The molecule has 1 aliphatic heterocycles. The summed E-state index contributed by atoms with van der Waals surface area (Å²) in [5, 5.41) is 3.26. The first-order valence-corrected chi connectivity index (χ1v) is 7.28. The Bertz CT molecular complexity index is 391. The summed E-state index contributed by atoms with van der Waals surface area (Å²) < 4.78 is 5.84. The van der Waals surface area contributed by atoms with E-state index in [1.165, 1.54) is 25.9 Å². The van der Waals surface area contributed by atoms with Crippen molar-refractivity contribution in [1.82, 2.24) is 14.9 Å². The first kappa shape index (κ1) is 14.1. The van der Waals surface area contributed by atoms with Crippen molar-refractivity contribution in [3.8, 4) is 5.88 Å². The fourth-order valence-corrected chi connectivity index (χ4v) is 2.44. The zero-order valence-electron chi connectivity index (χ0n) is 12.0.